The van der Waals surface area contributed by atoms with E-state index in [1.807, 2.05) is 83.6 Å². The monoisotopic (exact) mass is 562 g/mol. The van der Waals surface area contributed by atoms with Crippen molar-refractivity contribution in [3.8, 4) is 5.69 Å². The van der Waals surface area contributed by atoms with Gasteiger partial charge in [-0.1, -0.05) is 72.8 Å². The lowest BCUT2D eigenvalue weighted by Gasteiger charge is -2.12. The normalized spacial score (nSPS) is 11.3. The number of imidazole rings is 1. The van der Waals surface area contributed by atoms with Crippen LogP contribution in [0.4, 0.5) is 5.69 Å². The highest BCUT2D eigenvalue weighted by Gasteiger charge is 2.12. The number of carbonyl (C=O) groups is 1. The molecule has 0 bridgehead atoms. The van der Waals surface area contributed by atoms with Gasteiger partial charge in [0, 0.05) is 30.3 Å². The summed E-state index contributed by atoms with van der Waals surface area (Å²) in [6, 6.07) is 32.0. The molecule has 202 valence electrons. The minimum atomic E-state index is -0.518. The Labute approximate surface area is 240 Å². The molecule has 6 nitrogen and oxygen atoms in total. The maximum absolute atomic E-state index is 12.8. The summed E-state index contributed by atoms with van der Waals surface area (Å²) in [5, 5.41) is 18.8. The van der Waals surface area contributed by atoms with Gasteiger partial charge in [-0.05, 0) is 59.1 Å². The molecule has 5 rings (SSSR count). The quantitative estimate of drug-likeness (QED) is 0.185. The molecule has 4 aromatic carbocycles. The maximum atomic E-state index is 12.8. The number of anilines is 1. The van der Waals surface area contributed by atoms with Crippen molar-refractivity contribution in [3.05, 3.63) is 126 Å². The molecule has 1 unspecified atom stereocenters. The molecule has 5 aromatic rings. The Morgan fingerprint density at radius 1 is 0.872 bits per heavy atom. The number of benzene rings is 4. The van der Waals surface area contributed by atoms with E-state index >= 15 is 0 Å². The first-order chi connectivity index (χ1) is 18.2. The number of rotatable bonds is 10. The Kier molecular flexibility index (Phi) is 11.1. The fraction of sp³-hybridized carbons (Fsp3) is 0.161. The van der Waals surface area contributed by atoms with Crippen molar-refractivity contribution in [2.75, 3.05) is 18.4 Å². The van der Waals surface area contributed by atoms with Crippen LogP contribution in [0.15, 0.2) is 109 Å². The van der Waals surface area contributed by atoms with Crippen molar-refractivity contribution in [2.24, 2.45) is 0 Å². The van der Waals surface area contributed by atoms with E-state index in [4.69, 9.17) is 0 Å². The van der Waals surface area contributed by atoms with Crippen LogP contribution in [0.25, 0.3) is 16.5 Å². The second kappa shape index (κ2) is 14.5. The molecule has 0 aliphatic heterocycles. The summed E-state index contributed by atoms with van der Waals surface area (Å²) in [7, 11) is 0. The number of aliphatic hydroxyl groups is 1. The molecule has 0 saturated heterocycles. The Balaban J connectivity index is 0.00000210. The summed E-state index contributed by atoms with van der Waals surface area (Å²) in [4.78, 5) is 17.2. The molecule has 0 saturated carbocycles. The van der Waals surface area contributed by atoms with Crippen LogP contribution < -0.4 is 10.6 Å². The van der Waals surface area contributed by atoms with Crippen LogP contribution >= 0.6 is 24.8 Å². The first-order valence-electron chi connectivity index (χ1n) is 12.5. The van der Waals surface area contributed by atoms with Gasteiger partial charge in [0.05, 0.1) is 12.5 Å². The number of halogens is 2. The van der Waals surface area contributed by atoms with Crippen LogP contribution in [0.3, 0.4) is 0 Å². The van der Waals surface area contributed by atoms with Crippen molar-refractivity contribution in [1.29, 1.82) is 0 Å². The first-order valence-corrected chi connectivity index (χ1v) is 12.5. The molecule has 0 aliphatic carbocycles. The molecule has 0 radical (unpaired) electrons. The van der Waals surface area contributed by atoms with Gasteiger partial charge in [0.1, 0.15) is 5.82 Å². The predicted octanol–water partition coefficient (Wildman–Crippen LogP) is 5.92. The number of hydrogen-bond donors (Lipinski definition) is 3. The molecule has 1 heterocycles. The maximum Gasteiger partial charge on any atom is 0.231 e. The van der Waals surface area contributed by atoms with Crippen molar-refractivity contribution in [1.82, 2.24) is 14.9 Å². The molecule has 0 fully saturated rings. The third kappa shape index (κ3) is 7.91. The zero-order chi connectivity index (χ0) is 25.5. The molecule has 0 spiro atoms. The van der Waals surface area contributed by atoms with Crippen molar-refractivity contribution in [3.63, 3.8) is 0 Å². The number of fused-ring (bicyclic) bond motifs is 1. The van der Waals surface area contributed by atoms with E-state index in [1.165, 1.54) is 5.39 Å². The average molecular weight is 564 g/mol. The number of aromatic nitrogens is 2. The minimum Gasteiger partial charge on any atom is -0.387 e. The van der Waals surface area contributed by atoms with E-state index in [0.29, 0.717) is 12.4 Å². The van der Waals surface area contributed by atoms with Gasteiger partial charge in [0.2, 0.25) is 5.91 Å². The van der Waals surface area contributed by atoms with Gasteiger partial charge >= 0.3 is 0 Å². The lowest BCUT2D eigenvalue weighted by atomic mass is 10.1. The van der Waals surface area contributed by atoms with Crippen molar-refractivity contribution >= 4 is 47.2 Å². The van der Waals surface area contributed by atoms with Gasteiger partial charge in [-0.2, -0.15) is 0 Å². The minimum absolute atomic E-state index is 0. The van der Waals surface area contributed by atoms with Gasteiger partial charge < -0.3 is 20.3 Å². The van der Waals surface area contributed by atoms with E-state index in [9.17, 15) is 9.90 Å². The predicted molar refractivity (Wildman–Crippen MR) is 162 cm³/mol. The number of nitrogens with one attached hydrogen (secondary N) is 2. The first kappa shape index (κ1) is 29.9. The average Bonchev–Trinajstić information content (AvgIpc) is 3.40. The van der Waals surface area contributed by atoms with E-state index in [1.54, 1.807) is 6.20 Å². The van der Waals surface area contributed by atoms with E-state index in [2.05, 4.69) is 39.9 Å². The summed E-state index contributed by atoms with van der Waals surface area (Å²) >= 11 is 0. The van der Waals surface area contributed by atoms with Crippen LogP contribution in [0.5, 0.6) is 0 Å². The fourth-order valence-corrected chi connectivity index (χ4v) is 4.39. The van der Waals surface area contributed by atoms with Gasteiger partial charge in [-0.3, -0.25) is 4.79 Å². The van der Waals surface area contributed by atoms with E-state index in [0.717, 1.165) is 40.9 Å². The highest BCUT2D eigenvalue weighted by molar-refractivity contribution is 5.92. The van der Waals surface area contributed by atoms with Gasteiger partial charge in [0.25, 0.3) is 0 Å². The van der Waals surface area contributed by atoms with Gasteiger partial charge in [-0.25, -0.2) is 4.98 Å². The highest BCUT2D eigenvalue weighted by atomic mass is 35.5. The lowest BCUT2D eigenvalue weighted by Crippen LogP contribution is -2.23. The van der Waals surface area contributed by atoms with Crippen LogP contribution in [0, 0.1) is 0 Å². The Hall–Kier alpha value is -3.68. The summed E-state index contributed by atoms with van der Waals surface area (Å²) in [6.07, 6.45) is 4.10. The molecule has 39 heavy (non-hydrogen) atoms. The van der Waals surface area contributed by atoms with E-state index < -0.39 is 6.10 Å². The largest absolute Gasteiger partial charge is 0.387 e. The molecule has 1 atom stereocenters. The summed E-state index contributed by atoms with van der Waals surface area (Å²) < 4.78 is 1.96. The molecule has 8 heteroatoms. The molecular weight excluding hydrogens is 531 g/mol. The third-order valence-corrected chi connectivity index (χ3v) is 6.40. The molecule has 1 amide bonds. The second-order valence-electron chi connectivity index (χ2n) is 9.05. The number of hydrogen-bond acceptors (Lipinski definition) is 4. The third-order valence-electron chi connectivity index (χ3n) is 6.40. The summed E-state index contributed by atoms with van der Waals surface area (Å²) in [5.74, 6) is 0.575. The van der Waals surface area contributed by atoms with Crippen LogP contribution in [-0.4, -0.2) is 33.7 Å². The summed E-state index contributed by atoms with van der Waals surface area (Å²) in [6.45, 7) is 1.26. The van der Waals surface area contributed by atoms with Crippen molar-refractivity contribution < 1.29 is 9.90 Å². The smallest absolute Gasteiger partial charge is 0.231 e. The zero-order valence-electron chi connectivity index (χ0n) is 21.4. The Morgan fingerprint density at radius 3 is 2.36 bits per heavy atom. The second-order valence-corrected chi connectivity index (χ2v) is 9.05. The van der Waals surface area contributed by atoms with Gasteiger partial charge in [-0.15, -0.1) is 24.8 Å². The van der Waals surface area contributed by atoms with Crippen molar-refractivity contribution in [2.45, 2.75) is 18.9 Å². The zero-order valence-corrected chi connectivity index (χ0v) is 23.0. The number of nitrogens with zero attached hydrogens (tertiary/aromatic N) is 2. The number of carbonyl (C=O) groups excluding carboxylic acids is 1. The Morgan fingerprint density at radius 2 is 1.59 bits per heavy atom. The molecular formula is C31H32Cl2N4O2. The molecule has 1 aromatic heterocycles. The fourth-order valence-electron chi connectivity index (χ4n) is 4.39. The number of aliphatic hydroxyl groups excluding tert-OH is 1. The SMILES string of the molecule is Cl.Cl.O=C(Cc1nccn1-c1ccc2ccccc2c1)Nc1ccc(CCNCC(O)c2ccccc2)cc1. The summed E-state index contributed by atoms with van der Waals surface area (Å²) in [5.41, 5.74) is 3.81. The number of amides is 1. The van der Waals surface area contributed by atoms with Gasteiger partial charge in [0.15, 0.2) is 0 Å². The van der Waals surface area contributed by atoms with E-state index in [-0.39, 0.29) is 37.1 Å². The molecule has 3 N–H and O–H groups in total. The molecule has 0 aliphatic rings. The lowest BCUT2D eigenvalue weighted by molar-refractivity contribution is -0.115. The Bertz CT molecular complexity index is 1470. The van der Waals surface area contributed by atoms with Crippen LogP contribution in [-0.2, 0) is 17.6 Å². The highest BCUT2D eigenvalue weighted by Crippen LogP contribution is 2.20. The van der Waals surface area contributed by atoms with Crippen LogP contribution in [0.1, 0.15) is 23.1 Å². The van der Waals surface area contributed by atoms with Crippen LogP contribution in [0.2, 0.25) is 0 Å². The standard InChI is InChI=1S/C31H30N4O2.2ClH/c36-29(25-7-2-1-3-8-25)22-32-17-16-23-10-13-27(14-11-23)34-31(37)21-30-33-18-19-35(30)28-15-12-24-6-4-5-9-26(24)20-28;;/h1-15,18-20,29,32,36H,16-17,21-22H2,(H,34,37);2*1H. The topological polar surface area (TPSA) is 79.2 Å².